The summed E-state index contributed by atoms with van der Waals surface area (Å²) in [6.45, 7) is 0.373. The van der Waals surface area contributed by atoms with Gasteiger partial charge in [0.15, 0.2) is 0 Å². The van der Waals surface area contributed by atoms with Gasteiger partial charge in [0.2, 0.25) is 0 Å². The summed E-state index contributed by atoms with van der Waals surface area (Å²) in [5, 5.41) is 4.70. The van der Waals surface area contributed by atoms with Crippen LogP contribution < -0.4 is 5.32 Å². The highest BCUT2D eigenvalue weighted by Crippen LogP contribution is 2.31. The molecule has 2 amide bonds. The van der Waals surface area contributed by atoms with Gasteiger partial charge < -0.3 is 5.32 Å². The van der Waals surface area contributed by atoms with E-state index in [9.17, 15) is 9.59 Å². The molecule has 0 spiro atoms. The summed E-state index contributed by atoms with van der Waals surface area (Å²) < 4.78 is 0. The van der Waals surface area contributed by atoms with Crippen molar-refractivity contribution in [3.05, 3.63) is 52.7 Å². The molecular formula is C24H26N4O2S. The maximum absolute atomic E-state index is 12.6. The van der Waals surface area contributed by atoms with Gasteiger partial charge in [-0.15, -0.1) is 11.3 Å². The molecule has 1 fully saturated rings. The molecule has 1 N–H and O–H groups in total. The predicted molar refractivity (Wildman–Crippen MR) is 123 cm³/mol. The lowest BCUT2D eigenvalue weighted by Gasteiger charge is -2.21. The number of carbonyl (C=O) groups excluding carboxylic acids is 2. The molecule has 31 heavy (non-hydrogen) atoms. The molecule has 6 nitrogen and oxygen atoms in total. The minimum Gasteiger partial charge on any atom is -0.367 e. The zero-order chi connectivity index (χ0) is 21.2. The number of aromatic nitrogens is 2. The van der Waals surface area contributed by atoms with Gasteiger partial charge in [-0.1, -0.05) is 44.2 Å². The third kappa shape index (κ3) is 4.06. The van der Waals surface area contributed by atoms with Crippen LogP contribution in [0.1, 0.15) is 70.5 Å². The van der Waals surface area contributed by atoms with Gasteiger partial charge >= 0.3 is 0 Å². The van der Waals surface area contributed by atoms with E-state index in [2.05, 4.69) is 21.4 Å². The fourth-order valence-electron chi connectivity index (χ4n) is 4.60. The second-order valence-electron chi connectivity index (χ2n) is 8.40. The molecule has 0 atom stereocenters. The van der Waals surface area contributed by atoms with Crippen LogP contribution in [0.5, 0.6) is 0 Å². The van der Waals surface area contributed by atoms with Gasteiger partial charge in [0.05, 0.1) is 16.5 Å². The number of hydrogen-bond acceptors (Lipinski definition) is 6. The molecule has 160 valence electrons. The zero-order valence-electron chi connectivity index (χ0n) is 17.5. The topological polar surface area (TPSA) is 75.2 Å². The van der Waals surface area contributed by atoms with Crippen LogP contribution in [-0.2, 0) is 6.42 Å². The Balaban J connectivity index is 1.30. The number of thiophene rings is 1. The molecule has 2 aromatic heterocycles. The molecule has 0 bridgehead atoms. The van der Waals surface area contributed by atoms with Crippen molar-refractivity contribution in [2.24, 2.45) is 0 Å². The Morgan fingerprint density at radius 2 is 1.65 bits per heavy atom. The second-order valence-corrected chi connectivity index (χ2v) is 9.51. The molecule has 0 unspecified atom stereocenters. The number of amides is 2. The van der Waals surface area contributed by atoms with Crippen molar-refractivity contribution < 1.29 is 9.59 Å². The monoisotopic (exact) mass is 434 g/mol. The van der Waals surface area contributed by atoms with Crippen LogP contribution in [0.2, 0.25) is 0 Å². The SMILES string of the molecule is O=C1c2ccccc2C(=O)N1CCc1cc2c(NC3CCCCCCC3)ncnc2s1. The van der Waals surface area contributed by atoms with Gasteiger partial charge in [-0.05, 0) is 31.0 Å². The summed E-state index contributed by atoms with van der Waals surface area (Å²) in [4.78, 5) is 37.6. The molecule has 0 saturated heterocycles. The number of hydrogen-bond donors (Lipinski definition) is 1. The van der Waals surface area contributed by atoms with E-state index >= 15 is 0 Å². The third-order valence-electron chi connectivity index (χ3n) is 6.29. The van der Waals surface area contributed by atoms with Gasteiger partial charge in [0, 0.05) is 23.9 Å². The fourth-order valence-corrected chi connectivity index (χ4v) is 5.59. The molecule has 0 radical (unpaired) electrons. The summed E-state index contributed by atoms with van der Waals surface area (Å²) in [7, 11) is 0. The number of fused-ring (bicyclic) bond motifs is 2. The maximum atomic E-state index is 12.6. The number of nitrogens with zero attached hydrogens (tertiary/aromatic N) is 3. The van der Waals surface area contributed by atoms with E-state index in [-0.39, 0.29) is 11.8 Å². The number of benzene rings is 1. The van der Waals surface area contributed by atoms with E-state index < -0.39 is 0 Å². The van der Waals surface area contributed by atoms with E-state index in [1.165, 1.54) is 49.8 Å². The average molecular weight is 435 g/mol. The lowest BCUT2D eigenvalue weighted by molar-refractivity contribution is 0.0656. The molecule has 3 heterocycles. The van der Waals surface area contributed by atoms with Crippen LogP contribution >= 0.6 is 11.3 Å². The Kier molecular flexibility index (Phi) is 5.68. The molecule has 1 aliphatic heterocycles. The quantitative estimate of drug-likeness (QED) is 0.569. The number of anilines is 1. The first kappa shape index (κ1) is 20.1. The average Bonchev–Trinajstić information content (AvgIpc) is 3.28. The van der Waals surface area contributed by atoms with Gasteiger partial charge in [0.25, 0.3) is 11.8 Å². The summed E-state index contributed by atoms with van der Waals surface area (Å²) in [5.41, 5.74) is 1.00. The number of carbonyl (C=O) groups is 2. The molecule has 1 saturated carbocycles. The Morgan fingerprint density at radius 3 is 2.35 bits per heavy atom. The van der Waals surface area contributed by atoms with Crippen LogP contribution in [0.4, 0.5) is 5.82 Å². The lowest BCUT2D eigenvalue weighted by Crippen LogP contribution is -2.31. The van der Waals surface area contributed by atoms with Crippen LogP contribution in [-0.4, -0.2) is 39.3 Å². The standard InChI is InChI=1S/C24H26N4O2S/c29-23-18-10-6-7-11-19(18)24(30)28(23)13-12-17-14-20-21(25-15-26-22(20)31-17)27-16-8-4-2-1-3-5-9-16/h6-7,10-11,14-16H,1-5,8-9,12-13H2,(H,25,26,27). The largest absolute Gasteiger partial charge is 0.367 e. The summed E-state index contributed by atoms with van der Waals surface area (Å²) >= 11 is 1.61. The highest BCUT2D eigenvalue weighted by atomic mass is 32.1. The predicted octanol–water partition coefficient (Wildman–Crippen LogP) is 5.05. The smallest absolute Gasteiger partial charge is 0.261 e. The van der Waals surface area contributed by atoms with Crippen LogP contribution in [0.3, 0.4) is 0 Å². The summed E-state index contributed by atoms with van der Waals surface area (Å²) in [6, 6.07) is 9.60. The maximum Gasteiger partial charge on any atom is 0.261 e. The van der Waals surface area contributed by atoms with Crippen molar-refractivity contribution in [1.82, 2.24) is 14.9 Å². The van der Waals surface area contributed by atoms with Crippen LogP contribution in [0, 0.1) is 0 Å². The summed E-state index contributed by atoms with van der Waals surface area (Å²) in [6.07, 6.45) is 11.1. The van der Waals surface area contributed by atoms with Crippen molar-refractivity contribution in [2.45, 2.75) is 57.4 Å². The Bertz CT molecular complexity index is 1080. The van der Waals surface area contributed by atoms with E-state index in [0.717, 1.165) is 20.9 Å². The molecule has 1 aliphatic carbocycles. The van der Waals surface area contributed by atoms with Crippen LogP contribution in [0.15, 0.2) is 36.7 Å². The Morgan fingerprint density at radius 1 is 0.968 bits per heavy atom. The molecular weight excluding hydrogens is 408 g/mol. The number of rotatable bonds is 5. The van der Waals surface area contributed by atoms with Crippen molar-refractivity contribution in [2.75, 3.05) is 11.9 Å². The van der Waals surface area contributed by atoms with Crippen molar-refractivity contribution in [3.8, 4) is 0 Å². The minimum atomic E-state index is -0.201. The van der Waals surface area contributed by atoms with Gasteiger partial charge in [-0.3, -0.25) is 14.5 Å². The first-order valence-electron chi connectivity index (χ1n) is 11.2. The highest BCUT2D eigenvalue weighted by molar-refractivity contribution is 7.18. The molecule has 7 heteroatoms. The first-order valence-corrected chi connectivity index (χ1v) is 12.0. The van der Waals surface area contributed by atoms with E-state index in [0.29, 0.717) is 30.1 Å². The molecule has 3 aromatic rings. The number of nitrogens with one attached hydrogen (secondary N) is 1. The van der Waals surface area contributed by atoms with Crippen molar-refractivity contribution >= 4 is 39.2 Å². The van der Waals surface area contributed by atoms with E-state index in [1.807, 2.05) is 0 Å². The molecule has 2 aliphatic rings. The van der Waals surface area contributed by atoms with E-state index in [1.54, 1.807) is 41.9 Å². The highest BCUT2D eigenvalue weighted by Gasteiger charge is 2.34. The van der Waals surface area contributed by atoms with Crippen molar-refractivity contribution in [1.29, 1.82) is 0 Å². The fraction of sp³-hybridized carbons (Fsp3) is 0.417. The first-order chi connectivity index (χ1) is 15.2. The Labute approximate surface area is 185 Å². The van der Waals surface area contributed by atoms with Gasteiger partial charge in [-0.2, -0.15) is 0 Å². The van der Waals surface area contributed by atoms with Crippen LogP contribution in [0.25, 0.3) is 10.2 Å². The third-order valence-corrected chi connectivity index (χ3v) is 7.39. The minimum absolute atomic E-state index is 0.201. The summed E-state index contributed by atoms with van der Waals surface area (Å²) in [5.74, 6) is 0.500. The van der Waals surface area contributed by atoms with Gasteiger partial charge in [-0.25, -0.2) is 9.97 Å². The number of imide groups is 1. The van der Waals surface area contributed by atoms with Gasteiger partial charge in [0.1, 0.15) is 17.0 Å². The second kappa shape index (κ2) is 8.75. The van der Waals surface area contributed by atoms with Crippen molar-refractivity contribution in [3.63, 3.8) is 0 Å². The van der Waals surface area contributed by atoms with E-state index in [4.69, 9.17) is 0 Å². The Hall–Kier alpha value is -2.80. The zero-order valence-corrected chi connectivity index (χ0v) is 18.3. The molecule has 1 aromatic carbocycles. The normalized spacial score (nSPS) is 17.6. The molecule has 5 rings (SSSR count). The lowest BCUT2D eigenvalue weighted by atomic mass is 9.97.